The zero-order valence-electron chi connectivity index (χ0n) is 8.39. The summed E-state index contributed by atoms with van der Waals surface area (Å²) >= 11 is 0. The Labute approximate surface area is 95.4 Å². The van der Waals surface area contributed by atoms with Crippen molar-refractivity contribution in [3.8, 4) is 18.2 Å². The largest absolute Gasteiger partial charge is 0.422 e. The van der Waals surface area contributed by atoms with E-state index in [1.165, 1.54) is 18.2 Å². The molecule has 17 heavy (non-hydrogen) atoms. The first-order valence-electron chi connectivity index (χ1n) is 4.52. The van der Waals surface area contributed by atoms with Gasteiger partial charge in [-0.25, -0.2) is 4.79 Å². The lowest BCUT2D eigenvalue weighted by Gasteiger charge is -2.00. The van der Waals surface area contributed by atoms with Crippen LogP contribution in [0.15, 0.2) is 27.4 Å². The van der Waals surface area contributed by atoms with Crippen molar-refractivity contribution < 1.29 is 4.42 Å². The van der Waals surface area contributed by atoms with E-state index in [0.29, 0.717) is 10.9 Å². The monoisotopic (exact) mass is 221 g/mol. The number of nitrogens with zero attached hydrogens (tertiary/aromatic N) is 3. The summed E-state index contributed by atoms with van der Waals surface area (Å²) in [5, 5.41) is 26.8. The van der Waals surface area contributed by atoms with Crippen molar-refractivity contribution in [1.82, 2.24) is 0 Å². The summed E-state index contributed by atoms with van der Waals surface area (Å²) in [6, 6.07) is 9.67. The van der Waals surface area contributed by atoms with Gasteiger partial charge < -0.3 is 4.42 Å². The van der Waals surface area contributed by atoms with E-state index in [4.69, 9.17) is 20.2 Å². The molecule has 0 fully saturated rings. The van der Waals surface area contributed by atoms with Crippen LogP contribution in [-0.2, 0) is 0 Å². The second kappa shape index (κ2) is 3.81. The fourth-order valence-corrected chi connectivity index (χ4v) is 1.49. The molecule has 0 aliphatic rings. The molecular formula is C12H3N3O2. The minimum absolute atomic E-state index is 0.0248. The fraction of sp³-hybridized carbons (Fsp3) is 0. The van der Waals surface area contributed by atoms with E-state index in [2.05, 4.69) is 0 Å². The van der Waals surface area contributed by atoms with Crippen LogP contribution in [0.3, 0.4) is 0 Å². The number of rotatable bonds is 0. The van der Waals surface area contributed by atoms with Crippen molar-refractivity contribution in [3.05, 3.63) is 45.3 Å². The van der Waals surface area contributed by atoms with Gasteiger partial charge in [0.15, 0.2) is 5.56 Å². The quantitative estimate of drug-likeness (QED) is 0.625. The highest BCUT2D eigenvalue weighted by atomic mass is 16.4. The average Bonchev–Trinajstić information content (AvgIpc) is 2.36. The molecule has 0 atom stereocenters. The molecule has 0 unspecified atom stereocenters. The van der Waals surface area contributed by atoms with Crippen LogP contribution in [0.5, 0.6) is 0 Å². The van der Waals surface area contributed by atoms with Crippen LogP contribution >= 0.6 is 0 Å². The Hall–Kier alpha value is -3.10. The highest BCUT2D eigenvalue weighted by Gasteiger charge is 2.14. The van der Waals surface area contributed by atoms with Crippen molar-refractivity contribution in [2.45, 2.75) is 0 Å². The van der Waals surface area contributed by atoms with Crippen LogP contribution in [0.1, 0.15) is 16.7 Å². The van der Waals surface area contributed by atoms with Crippen molar-refractivity contribution in [3.63, 3.8) is 0 Å². The van der Waals surface area contributed by atoms with E-state index in [1.54, 1.807) is 12.1 Å². The van der Waals surface area contributed by atoms with Crippen molar-refractivity contribution >= 4 is 11.0 Å². The zero-order valence-corrected chi connectivity index (χ0v) is 8.39. The maximum absolute atomic E-state index is 11.4. The van der Waals surface area contributed by atoms with Gasteiger partial charge in [0.05, 0.1) is 17.2 Å². The van der Waals surface area contributed by atoms with Gasteiger partial charge in [0.2, 0.25) is 0 Å². The summed E-state index contributed by atoms with van der Waals surface area (Å²) in [4.78, 5) is 11.4. The molecule has 78 valence electrons. The smallest absolute Gasteiger partial charge is 0.355 e. The molecule has 0 aliphatic carbocycles. The molecular weight excluding hydrogens is 218 g/mol. The summed E-state index contributed by atoms with van der Waals surface area (Å²) in [5.74, 6) is 0. The van der Waals surface area contributed by atoms with Crippen LogP contribution in [0, 0.1) is 34.0 Å². The van der Waals surface area contributed by atoms with Crippen LogP contribution in [0.4, 0.5) is 0 Å². The maximum atomic E-state index is 11.4. The normalized spacial score (nSPS) is 9.24. The Morgan fingerprint density at radius 1 is 1.00 bits per heavy atom. The van der Waals surface area contributed by atoms with Crippen LogP contribution < -0.4 is 5.63 Å². The molecule has 2 aromatic rings. The first-order valence-corrected chi connectivity index (χ1v) is 4.52. The Morgan fingerprint density at radius 3 is 2.29 bits per heavy atom. The molecule has 1 heterocycles. The van der Waals surface area contributed by atoms with Crippen LogP contribution in [-0.4, -0.2) is 0 Å². The van der Waals surface area contributed by atoms with E-state index in [0.717, 1.165) is 0 Å². The molecule has 1 aromatic heterocycles. The Bertz CT molecular complexity index is 798. The van der Waals surface area contributed by atoms with Gasteiger partial charge in [0, 0.05) is 5.39 Å². The molecule has 0 saturated carbocycles. The average molecular weight is 221 g/mol. The molecule has 0 saturated heterocycles. The summed E-state index contributed by atoms with van der Waals surface area (Å²) < 4.78 is 4.89. The van der Waals surface area contributed by atoms with Crippen LogP contribution in [0.25, 0.3) is 11.0 Å². The molecule has 0 amide bonds. The molecule has 0 aliphatic heterocycles. The van der Waals surface area contributed by atoms with Crippen molar-refractivity contribution in [1.29, 1.82) is 15.8 Å². The highest BCUT2D eigenvalue weighted by molar-refractivity contribution is 5.85. The molecule has 2 rings (SSSR count). The van der Waals surface area contributed by atoms with E-state index < -0.39 is 5.63 Å². The number of nitriles is 3. The summed E-state index contributed by atoms with van der Waals surface area (Å²) in [6.07, 6.45) is 0. The molecule has 5 nitrogen and oxygen atoms in total. The van der Waals surface area contributed by atoms with Gasteiger partial charge in [-0.2, -0.15) is 15.8 Å². The predicted molar refractivity (Wildman–Crippen MR) is 56.6 cm³/mol. The molecule has 0 radical (unpaired) electrons. The second-order valence-corrected chi connectivity index (χ2v) is 3.19. The molecule has 1 aromatic carbocycles. The Morgan fingerprint density at radius 2 is 1.71 bits per heavy atom. The minimum atomic E-state index is -0.869. The lowest BCUT2D eigenvalue weighted by atomic mass is 10.1. The molecule has 0 bridgehead atoms. The van der Waals surface area contributed by atoms with Gasteiger partial charge in [-0.15, -0.1) is 0 Å². The first kappa shape index (κ1) is 10.4. The fourth-order valence-electron chi connectivity index (χ4n) is 1.49. The van der Waals surface area contributed by atoms with Crippen molar-refractivity contribution in [2.75, 3.05) is 0 Å². The predicted octanol–water partition coefficient (Wildman–Crippen LogP) is 1.41. The Balaban J connectivity index is 3.02. The third kappa shape index (κ3) is 1.51. The first-order chi connectivity index (χ1) is 8.21. The lowest BCUT2D eigenvalue weighted by molar-refractivity contribution is 0.558. The summed E-state index contributed by atoms with van der Waals surface area (Å²) in [7, 11) is 0. The standard InChI is InChI=1S/C12H3N3O2/c13-4-7-1-2-8-9(5-14)10(6-15)12(16)17-11(8)3-7/h1-3H. The highest BCUT2D eigenvalue weighted by Crippen LogP contribution is 2.20. The summed E-state index contributed by atoms with van der Waals surface area (Å²) in [5.41, 5.74) is -0.765. The molecule has 0 N–H and O–H groups in total. The number of benzene rings is 1. The van der Waals surface area contributed by atoms with Gasteiger partial charge in [-0.1, -0.05) is 0 Å². The van der Waals surface area contributed by atoms with E-state index in [-0.39, 0.29) is 16.7 Å². The number of fused-ring (bicyclic) bond motifs is 1. The minimum Gasteiger partial charge on any atom is -0.422 e. The number of hydrogen-bond acceptors (Lipinski definition) is 5. The van der Waals surface area contributed by atoms with Crippen molar-refractivity contribution in [2.24, 2.45) is 0 Å². The van der Waals surface area contributed by atoms with Gasteiger partial charge >= 0.3 is 5.63 Å². The SMILES string of the molecule is N#Cc1ccc2c(C#N)c(C#N)c(=O)oc2c1. The van der Waals surface area contributed by atoms with E-state index >= 15 is 0 Å². The van der Waals surface area contributed by atoms with Gasteiger partial charge in [-0.05, 0) is 18.2 Å². The molecule has 0 spiro atoms. The lowest BCUT2D eigenvalue weighted by Crippen LogP contribution is -2.07. The van der Waals surface area contributed by atoms with Gasteiger partial charge in [0.1, 0.15) is 17.7 Å². The zero-order chi connectivity index (χ0) is 12.4. The molecule has 5 heteroatoms. The topological polar surface area (TPSA) is 102 Å². The maximum Gasteiger partial charge on any atom is 0.355 e. The van der Waals surface area contributed by atoms with E-state index in [9.17, 15) is 4.79 Å². The second-order valence-electron chi connectivity index (χ2n) is 3.19. The number of hydrogen-bond donors (Lipinski definition) is 0. The summed E-state index contributed by atoms with van der Waals surface area (Å²) in [6.45, 7) is 0. The van der Waals surface area contributed by atoms with Gasteiger partial charge in [0.25, 0.3) is 0 Å². The third-order valence-electron chi connectivity index (χ3n) is 2.26. The van der Waals surface area contributed by atoms with E-state index in [1.807, 2.05) is 6.07 Å². The third-order valence-corrected chi connectivity index (χ3v) is 2.26. The van der Waals surface area contributed by atoms with Crippen LogP contribution in [0.2, 0.25) is 0 Å². The van der Waals surface area contributed by atoms with Gasteiger partial charge in [-0.3, -0.25) is 0 Å². The Kier molecular flexibility index (Phi) is 2.33.